The molecule has 1 rings (SSSR count). The number of carbonyl (C=O) groups excluding carboxylic acids is 1. The van der Waals surface area contributed by atoms with Crippen LogP contribution in [0.15, 0.2) is 18.2 Å². The predicted molar refractivity (Wildman–Crippen MR) is 61.8 cm³/mol. The molecular formula is C12H15F2NO3. The fourth-order valence-electron chi connectivity index (χ4n) is 1.41. The van der Waals surface area contributed by atoms with E-state index in [0.717, 1.165) is 5.06 Å². The average Bonchev–Trinajstić information content (AvgIpc) is 2.35. The highest BCUT2D eigenvalue weighted by atomic mass is 19.3. The minimum absolute atomic E-state index is 0.159. The first-order chi connectivity index (χ1) is 8.47. The first kappa shape index (κ1) is 14.4. The summed E-state index contributed by atoms with van der Waals surface area (Å²) in [5, 5.41) is 1.00. The van der Waals surface area contributed by atoms with E-state index in [2.05, 4.69) is 0 Å². The SMILES string of the molecule is CON(C)C(=O)c1cccc(C)c1OCC(F)F. The normalized spacial score (nSPS) is 10.6. The molecule has 0 N–H and O–H groups in total. The topological polar surface area (TPSA) is 38.8 Å². The van der Waals surface area contributed by atoms with Crippen LogP contribution in [0.1, 0.15) is 15.9 Å². The van der Waals surface area contributed by atoms with Crippen LogP contribution in [0.5, 0.6) is 5.75 Å². The van der Waals surface area contributed by atoms with Crippen LogP contribution in [0.3, 0.4) is 0 Å². The summed E-state index contributed by atoms with van der Waals surface area (Å²) in [6.07, 6.45) is -2.59. The van der Waals surface area contributed by atoms with Gasteiger partial charge in [-0.1, -0.05) is 12.1 Å². The van der Waals surface area contributed by atoms with Gasteiger partial charge in [0.25, 0.3) is 12.3 Å². The Balaban J connectivity index is 3.03. The average molecular weight is 259 g/mol. The van der Waals surface area contributed by atoms with Gasteiger partial charge in [-0.15, -0.1) is 0 Å². The molecule has 18 heavy (non-hydrogen) atoms. The molecule has 6 heteroatoms. The maximum absolute atomic E-state index is 12.2. The van der Waals surface area contributed by atoms with Gasteiger partial charge in [0.2, 0.25) is 0 Å². The fourth-order valence-corrected chi connectivity index (χ4v) is 1.41. The molecule has 0 radical (unpaired) electrons. The lowest BCUT2D eigenvalue weighted by molar-refractivity contribution is -0.0759. The van der Waals surface area contributed by atoms with Crippen molar-refractivity contribution in [3.8, 4) is 5.75 Å². The number of ether oxygens (including phenoxy) is 1. The molecule has 0 aromatic heterocycles. The van der Waals surface area contributed by atoms with Crippen molar-refractivity contribution in [3.05, 3.63) is 29.3 Å². The number of carbonyl (C=O) groups is 1. The monoisotopic (exact) mass is 259 g/mol. The molecule has 100 valence electrons. The minimum Gasteiger partial charge on any atom is -0.487 e. The molecule has 0 aliphatic heterocycles. The van der Waals surface area contributed by atoms with E-state index in [1.807, 2.05) is 0 Å². The first-order valence-electron chi connectivity index (χ1n) is 5.30. The van der Waals surface area contributed by atoms with E-state index in [0.29, 0.717) is 5.56 Å². The van der Waals surface area contributed by atoms with Gasteiger partial charge in [0, 0.05) is 7.05 Å². The quantitative estimate of drug-likeness (QED) is 0.761. The minimum atomic E-state index is -2.59. The number of alkyl halides is 2. The van der Waals surface area contributed by atoms with Gasteiger partial charge < -0.3 is 4.74 Å². The lowest BCUT2D eigenvalue weighted by Crippen LogP contribution is -2.26. The third-order valence-electron chi connectivity index (χ3n) is 2.36. The van der Waals surface area contributed by atoms with E-state index in [4.69, 9.17) is 9.57 Å². The van der Waals surface area contributed by atoms with Crippen LogP contribution < -0.4 is 4.74 Å². The lowest BCUT2D eigenvalue weighted by Gasteiger charge is -2.17. The summed E-state index contributed by atoms with van der Waals surface area (Å²) in [6.45, 7) is 0.937. The molecule has 1 amide bonds. The van der Waals surface area contributed by atoms with Crippen molar-refractivity contribution >= 4 is 5.91 Å². The number of hydroxylamine groups is 2. The van der Waals surface area contributed by atoms with E-state index in [9.17, 15) is 13.6 Å². The predicted octanol–water partition coefficient (Wildman–Crippen LogP) is 2.27. The van der Waals surface area contributed by atoms with Crippen LogP contribution >= 0.6 is 0 Å². The molecule has 1 aromatic carbocycles. The third kappa shape index (κ3) is 3.40. The Morgan fingerprint density at radius 2 is 2.11 bits per heavy atom. The Kier molecular flexibility index (Phi) is 5.03. The van der Waals surface area contributed by atoms with Crippen molar-refractivity contribution in [2.45, 2.75) is 13.3 Å². The number of rotatable bonds is 5. The van der Waals surface area contributed by atoms with Gasteiger partial charge in [-0.2, -0.15) is 0 Å². The summed E-state index contributed by atoms with van der Waals surface area (Å²) < 4.78 is 29.3. The van der Waals surface area contributed by atoms with E-state index in [1.54, 1.807) is 19.1 Å². The van der Waals surface area contributed by atoms with Crippen molar-refractivity contribution < 1.29 is 23.1 Å². The van der Waals surface area contributed by atoms with Gasteiger partial charge >= 0.3 is 0 Å². The van der Waals surface area contributed by atoms with Crippen LogP contribution in [0, 0.1) is 6.92 Å². The Labute approximate surface area is 104 Å². The highest BCUT2D eigenvalue weighted by molar-refractivity contribution is 5.96. The number of aryl methyl sites for hydroxylation is 1. The number of nitrogens with zero attached hydrogens (tertiary/aromatic N) is 1. The van der Waals surface area contributed by atoms with Crippen LogP contribution in [0.2, 0.25) is 0 Å². The molecule has 0 unspecified atom stereocenters. The summed E-state index contributed by atoms with van der Waals surface area (Å²) in [5.74, 6) is -0.294. The van der Waals surface area contributed by atoms with Gasteiger partial charge in [-0.3, -0.25) is 9.63 Å². The zero-order valence-corrected chi connectivity index (χ0v) is 10.4. The second kappa shape index (κ2) is 6.30. The van der Waals surface area contributed by atoms with Crippen molar-refractivity contribution in [2.24, 2.45) is 0 Å². The Morgan fingerprint density at radius 3 is 2.67 bits per heavy atom. The lowest BCUT2D eigenvalue weighted by atomic mass is 10.1. The second-order valence-electron chi connectivity index (χ2n) is 3.64. The molecule has 0 aliphatic carbocycles. The maximum atomic E-state index is 12.2. The smallest absolute Gasteiger partial charge is 0.280 e. The van der Waals surface area contributed by atoms with E-state index < -0.39 is 18.9 Å². The van der Waals surface area contributed by atoms with Crippen molar-refractivity contribution in [3.63, 3.8) is 0 Å². The molecule has 0 fully saturated rings. The summed E-state index contributed by atoms with van der Waals surface area (Å²) in [4.78, 5) is 16.7. The zero-order chi connectivity index (χ0) is 13.7. The zero-order valence-electron chi connectivity index (χ0n) is 10.4. The molecule has 0 saturated carbocycles. The number of hydrogen-bond donors (Lipinski definition) is 0. The molecule has 1 aromatic rings. The van der Waals surface area contributed by atoms with Gasteiger partial charge in [0.15, 0.2) is 0 Å². The van der Waals surface area contributed by atoms with Crippen LogP contribution in [0.4, 0.5) is 8.78 Å². The second-order valence-corrected chi connectivity index (χ2v) is 3.64. The summed E-state index contributed by atoms with van der Waals surface area (Å²) >= 11 is 0. The molecule has 0 aliphatic rings. The molecule has 0 atom stereocenters. The first-order valence-corrected chi connectivity index (χ1v) is 5.30. The van der Waals surface area contributed by atoms with Gasteiger partial charge in [-0.25, -0.2) is 13.8 Å². The molecule has 0 bridgehead atoms. The molecule has 0 heterocycles. The number of halogens is 2. The molecule has 0 saturated heterocycles. The number of benzene rings is 1. The molecule has 0 spiro atoms. The largest absolute Gasteiger partial charge is 0.487 e. The van der Waals surface area contributed by atoms with Gasteiger partial charge in [0.1, 0.15) is 12.4 Å². The number of hydrogen-bond acceptors (Lipinski definition) is 3. The molecular weight excluding hydrogens is 244 g/mol. The maximum Gasteiger partial charge on any atom is 0.280 e. The standard InChI is InChI=1S/C12H15F2NO3/c1-8-5-4-6-9(12(16)15(2)17-3)11(8)18-7-10(13)14/h4-6,10H,7H2,1-3H3. The fraction of sp³-hybridized carbons (Fsp3) is 0.417. The number of para-hydroxylation sites is 1. The van der Waals surface area contributed by atoms with E-state index >= 15 is 0 Å². The van der Waals surface area contributed by atoms with E-state index in [1.165, 1.54) is 20.2 Å². The van der Waals surface area contributed by atoms with Crippen LogP contribution in [-0.2, 0) is 4.84 Å². The van der Waals surface area contributed by atoms with Crippen LogP contribution in [-0.4, -0.2) is 38.2 Å². The summed E-state index contributed by atoms with van der Waals surface area (Å²) in [6, 6.07) is 4.84. The highest BCUT2D eigenvalue weighted by Gasteiger charge is 2.19. The van der Waals surface area contributed by atoms with Gasteiger partial charge in [-0.05, 0) is 18.6 Å². The Morgan fingerprint density at radius 1 is 1.44 bits per heavy atom. The van der Waals surface area contributed by atoms with Crippen molar-refractivity contribution in [1.29, 1.82) is 0 Å². The Hall–Kier alpha value is -1.69. The van der Waals surface area contributed by atoms with Crippen LogP contribution in [0.25, 0.3) is 0 Å². The summed E-state index contributed by atoms with van der Waals surface area (Å²) in [7, 11) is 2.77. The van der Waals surface area contributed by atoms with Gasteiger partial charge in [0.05, 0.1) is 12.7 Å². The van der Waals surface area contributed by atoms with Crippen molar-refractivity contribution in [1.82, 2.24) is 5.06 Å². The third-order valence-corrected chi connectivity index (χ3v) is 2.36. The molecule has 4 nitrogen and oxygen atoms in total. The summed E-state index contributed by atoms with van der Waals surface area (Å²) in [5.41, 5.74) is 0.811. The number of amides is 1. The highest BCUT2D eigenvalue weighted by Crippen LogP contribution is 2.25. The van der Waals surface area contributed by atoms with Crippen molar-refractivity contribution in [2.75, 3.05) is 20.8 Å². The Bertz CT molecular complexity index is 424. The van der Waals surface area contributed by atoms with E-state index in [-0.39, 0.29) is 11.3 Å².